The number of halogens is 3. The van der Waals surface area contributed by atoms with E-state index in [9.17, 15) is 4.39 Å². The van der Waals surface area contributed by atoms with Gasteiger partial charge >= 0.3 is 0 Å². The molecule has 0 heterocycles. The van der Waals surface area contributed by atoms with E-state index < -0.39 is 0 Å². The maximum atomic E-state index is 13.4. The minimum Gasteiger partial charge on any atom is -0.317 e. The largest absolute Gasteiger partial charge is 0.317 e. The van der Waals surface area contributed by atoms with E-state index in [1.165, 1.54) is 12.1 Å². The third kappa shape index (κ3) is 1.94. The van der Waals surface area contributed by atoms with Gasteiger partial charge in [0, 0.05) is 11.1 Å². The third-order valence-corrected chi connectivity index (χ3v) is 4.20. The predicted molar refractivity (Wildman–Crippen MR) is 65.8 cm³/mol. The summed E-state index contributed by atoms with van der Waals surface area (Å²) in [4.78, 5) is 0. The molecule has 1 aromatic carbocycles. The summed E-state index contributed by atoms with van der Waals surface area (Å²) in [5.41, 5.74) is 0.877. The highest BCUT2D eigenvalue weighted by Gasteiger charge is 2.38. The molecular formula is C12H14Cl2FN. The molecule has 4 heteroatoms. The van der Waals surface area contributed by atoms with Crippen molar-refractivity contribution in [2.24, 2.45) is 5.92 Å². The Kier molecular flexibility index (Phi) is 3.43. The molecule has 1 saturated carbocycles. The van der Waals surface area contributed by atoms with Crippen LogP contribution in [0.4, 0.5) is 4.39 Å². The summed E-state index contributed by atoms with van der Waals surface area (Å²) >= 11 is 11.8. The van der Waals surface area contributed by atoms with Crippen LogP contribution in [-0.4, -0.2) is 13.1 Å². The second-order valence-electron chi connectivity index (χ2n) is 4.38. The fraction of sp³-hybridized carbons (Fsp3) is 0.500. The Morgan fingerprint density at radius 1 is 1.31 bits per heavy atom. The van der Waals surface area contributed by atoms with Gasteiger partial charge in [-0.1, -0.05) is 30.1 Å². The summed E-state index contributed by atoms with van der Waals surface area (Å²) in [7, 11) is 1.95. The Bertz CT molecular complexity index is 408. The van der Waals surface area contributed by atoms with Crippen LogP contribution >= 0.6 is 23.2 Å². The molecule has 0 aromatic heterocycles. The van der Waals surface area contributed by atoms with Crippen LogP contribution in [0.1, 0.15) is 24.8 Å². The summed E-state index contributed by atoms with van der Waals surface area (Å²) in [5, 5.41) is 3.89. The topological polar surface area (TPSA) is 12.0 Å². The molecule has 0 aliphatic heterocycles. The van der Waals surface area contributed by atoms with Gasteiger partial charge in [-0.2, -0.15) is 0 Å². The van der Waals surface area contributed by atoms with Crippen molar-refractivity contribution in [2.45, 2.75) is 25.3 Å². The lowest BCUT2D eigenvalue weighted by molar-refractivity contribution is 0.194. The molecule has 0 saturated heterocycles. The van der Waals surface area contributed by atoms with Crippen molar-refractivity contribution in [2.75, 3.05) is 7.05 Å². The van der Waals surface area contributed by atoms with Gasteiger partial charge in [-0.15, -0.1) is 0 Å². The highest BCUT2D eigenvalue weighted by Crippen LogP contribution is 2.45. The fourth-order valence-electron chi connectivity index (χ4n) is 2.40. The van der Waals surface area contributed by atoms with Gasteiger partial charge in [0.2, 0.25) is 0 Å². The highest BCUT2D eigenvalue weighted by atomic mass is 35.5. The lowest BCUT2D eigenvalue weighted by Crippen LogP contribution is -2.46. The van der Waals surface area contributed by atoms with Crippen molar-refractivity contribution < 1.29 is 4.39 Å². The number of benzene rings is 1. The highest BCUT2D eigenvalue weighted by molar-refractivity contribution is 6.35. The van der Waals surface area contributed by atoms with E-state index in [0.29, 0.717) is 22.9 Å². The first kappa shape index (κ1) is 12.2. The van der Waals surface area contributed by atoms with Crippen molar-refractivity contribution in [1.82, 2.24) is 5.32 Å². The molecule has 1 aromatic rings. The van der Waals surface area contributed by atoms with Crippen LogP contribution in [0.25, 0.3) is 0 Å². The van der Waals surface area contributed by atoms with Gasteiger partial charge < -0.3 is 5.32 Å². The van der Waals surface area contributed by atoms with Crippen LogP contribution in [0, 0.1) is 11.7 Å². The molecular weight excluding hydrogens is 248 g/mol. The lowest BCUT2D eigenvalue weighted by atomic mass is 9.67. The van der Waals surface area contributed by atoms with Crippen molar-refractivity contribution in [3.8, 4) is 0 Å². The number of hydrogen-bond acceptors (Lipinski definition) is 1. The van der Waals surface area contributed by atoms with E-state index in [0.717, 1.165) is 12.0 Å². The standard InChI is InChI=1S/C12H14Cl2FN/c1-6-7(4-12(6)16-2)8-3-11(15)10(14)5-9(8)13/h3,5-7,12,16H,4H2,1-2H3. The van der Waals surface area contributed by atoms with E-state index in [1.807, 2.05) is 7.05 Å². The van der Waals surface area contributed by atoms with Crippen LogP contribution in [0.5, 0.6) is 0 Å². The molecule has 0 spiro atoms. The molecule has 1 fully saturated rings. The van der Waals surface area contributed by atoms with Crippen molar-refractivity contribution in [1.29, 1.82) is 0 Å². The molecule has 2 rings (SSSR count). The van der Waals surface area contributed by atoms with Crippen LogP contribution < -0.4 is 5.32 Å². The van der Waals surface area contributed by atoms with Gasteiger partial charge in [0.15, 0.2) is 0 Å². The minimum atomic E-state index is -0.388. The van der Waals surface area contributed by atoms with Crippen LogP contribution in [-0.2, 0) is 0 Å². The molecule has 1 aliphatic carbocycles. The molecule has 88 valence electrons. The van der Waals surface area contributed by atoms with Gasteiger partial charge in [0.05, 0.1) is 5.02 Å². The predicted octanol–water partition coefficient (Wildman–Crippen LogP) is 3.84. The molecule has 1 nitrogen and oxygen atoms in total. The average molecular weight is 262 g/mol. The lowest BCUT2D eigenvalue weighted by Gasteiger charge is -2.43. The SMILES string of the molecule is CNC1CC(c2cc(F)c(Cl)cc2Cl)C1C. The van der Waals surface area contributed by atoms with Crippen LogP contribution in [0.15, 0.2) is 12.1 Å². The van der Waals surface area contributed by atoms with Crippen LogP contribution in [0.3, 0.4) is 0 Å². The zero-order valence-electron chi connectivity index (χ0n) is 9.23. The first-order chi connectivity index (χ1) is 7.54. The van der Waals surface area contributed by atoms with Crippen molar-refractivity contribution >= 4 is 23.2 Å². The van der Waals surface area contributed by atoms with Gasteiger partial charge in [-0.3, -0.25) is 0 Å². The normalized spacial score (nSPS) is 28.9. The van der Waals surface area contributed by atoms with Crippen molar-refractivity contribution in [3.63, 3.8) is 0 Å². The number of rotatable bonds is 2. The smallest absolute Gasteiger partial charge is 0.142 e. The van der Waals surface area contributed by atoms with E-state index in [4.69, 9.17) is 23.2 Å². The molecule has 16 heavy (non-hydrogen) atoms. The average Bonchev–Trinajstić information content (AvgIpc) is 2.24. The van der Waals surface area contributed by atoms with E-state index >= 15 is 0 Å². The minimum absolute atomic E-state index is 0.0888. The monoisotopic (exact) mass is 261 g/mol. The Balaban J connectivity index is 2.26. The van der Waals surface area contributed by atoms with E-state index in [2.05, 4.69) is 12.2 Å². The molecule has 0 amide bonds. The summed E-state index contributed by atoms with van der Waals surface area (Å²) in [6, 6.07) is 3.46. The fourth-order valence-corrected chi connectivity index (χ4v) is 2.92. The third-order valence-electron chi connectivity index (χ3n) is 3.59. The summed E-state index contributed by atoms with van der Waals surface area (Å²) in [6.07, 6.45) is 0.998. The first-order valence-corrected chi connectivity index (χ1v) is 6.12. The second kappa shape index (κ2) is 4.52. The van der Waals surface area contributed by atoms with Gasteiger partial charge in [0.25, 0.3) is 0 Å². The Morgan fingerprint density at radius 3 is 2.56 bits per heavy atom. The van der Waals surface area contributed by atoms with E-state index in [-0.39, 0.29) is 10.8 Å². The summed E-state index contributed by atoms with van der Waals surface area (Å²) < 4.78 is 13.4. The second-order valence-corrected chi connectivity index (χ2v) is 5.20. The molecule has 0 bridgehead atoms. The first-order valence-electron chi connectivity index (χ1n) is 5.36. The molecule has 0 radical (unpaired) electrons. The van der Waals surface area contributed by atoms with Gasteiger partial charge in [-0.25, -0.2) is 4.39 Å². The maximum Gasteiger partial charge on any atom is 0.142 e. The summed E-state index contributed by atoms with van der Waals surface area (Å²) in [5.74, 6) is 0.418. The molecule has 3 atom stereocenters. The van der Waals surface area contributed by atoms with E-state index in [1.54, 1.807) is 0 Å². The quantitative estimate of drug-likeness (QED) is 0.798. The number of nitrogens with one attached hydrogen (secondary N) is 1. The zero-order valence-corrected chi connectivity index (χ0v) is 10.7. The Hall–Kier alpha value is -0.310. The van der Waals surface area contributed by atoms with Crippen LogP contribution in [0.2, 0.25) is 10.0 Å². The Labute approximate surface area is 105 Å². The van der Waals surface area contributed by atoms with Gasteiger partial charge in [-0.05, 0) is 43.0 Å². The molecule has 1 aliphatic rings. The number of hydrogen-bond donors (Lipinski definition) is 1. The van der Waals surface area contributed by atoms with Gasteiger partial charge in [0.1, 0.15) is 5.82 Å². The zero-order chi connectivity index (χ0) is 11.9. The maximum absolute atomic E-state index is 13.4. The molecule has 1 N–H and O–H groups in total. The molecule has 3 unspecified atom stereocenters. The Morgan fingerprint density at radius 2 is 2.00 bits per heavy atom. The summed E-state index contributed by atoms with van der Waals surface area (Å²) in [6.45, 7) is 2.15. The van der Waals surface area contributed by atoms with Crippen molar-refractivity contribution in [3.05, 3.63) is 33.6 Å².